The average Bonchev–Trinajstić information content (AvgIpc) is 2.29. The molecule has 0 amide bonds. The Morgan fingerprint density at radius 2 is 2.06 bits per heavy atom. The first-order chi connectivity index (χ1) is 7.88. The molecule has 94 valence electrons. The summed E-state index contributed by atoms with van der Waals surface area (Å²) in [5.74, 6) is -1.16. The normalized spacial score (nSPS) is 14.4. The van der Waals surface area contributed by atoms with Crippen LogP contribution in [0.25, 0.3) is 0 Å². The predicted molar refractivity (Wildman–Crippen MR) is 67.3 cm³/mol. The number of benzene rings is 1. The van der Waals surface area contributed by atoms with Crippen molar-refractivity contribution in [3.8, 4) is 0 Å². The lowest BCUT2D eigenvalue weighted by Crippen LogP contribution is -2.21. The van der Waals surface area contributed by atoms with Crippen molar-refractivity contribution in [3.05, 3.63) is 28.8 Å². The molecule has 1 aromatic carbocycles. The Kier molecular flexibility index (Phi) is 4.50. The van der Waals surface area contributed by atoms with Gasteiger partial charge in [-0.1, -0.05) is 22.0 Å². The average molecular weight is 304 g/mol. The topological polar surface area (TPSA) is 104 Å². The molecule has 0 aromatic heterocycles. The summed E-state index contributed by atoms with van der Waals surface area (Å²) in [6.45, 7) is 1.70. The van der Waals surface area contributed by atoms with Crippen LogP contribution < -0.4 is 5.73 Å². The van der Waals surface area contributed by atoms with E-state index < -0.39 is 18.2 Å². The van der Waals surface area contributed by atoms with Crippen molar-refractivity contribution in [1.29, 1.82) is 0 Å². The molecule has 2 unspecified atom stereocenters. The summed E-state index contributed by atoms with van der Waals surface area (Å²) in [7, 11) is 0. The molecule has 1 aromatic rings. The Bertz CT molecular complexity index is 436. The monoisotopic (exact) mass is 303 g/mol. The zero-order valence-electron chi connectivity index (χ0n) is 9.22. The number of alkyl halides is 1. The van der Waals surface area contributed by atoms with Gasteiger partial charge in [-0.05, 0) is 18.6 Å². The van der Waals surface area contributed by atoms with Crippen LogP contribution >= 0.6 is 15.9 Å². The lowest BCUT2D eigenvalue weighted by atomic mass is 9.97. The summed E-state index contributed by atoms with van der Waals surface area (Å²) in [4.78, 5) is 11.0. The first kappa shape index (κ1) is 14.0. The number of aliphatic hydroxyl groups is 2. The van der Waals surface area contributed by atoms with E-state index in [9.17, 15) is 15.0 Å². The molecule has 5 nitrogen and oxygen atoms in total. The Labute approximate surface area is 107 Å². The first-order valence-electron chi connectivity index (χ1n) is 4.94. The smallest absolute Gasteiger partial charge is 0.337 e. The number of aryl methyl sites for hydroxylation is 1. The lowest BCUT2D eigenvalue weighted by Gasteiger charge is -2.19. The molecule has 0 radical (unpaired) electrons. The van der Waals surface area contributed by atoms with Gasteiger partial charge in [0.05, 0.1) is 17.4 Å². The predicted octanol–water partition coefficient (Wildman–Crippen LogP) is 1.06. The van der Waals surface area contributed by atoms with Crippen molar-refractivity contribution < 1.29 is 20.1 Å². The molecule has 0 bridgehead atoms. The summed E-state index contributed by atoms with van der Waals surface area (Å²) in [6, 6.07) is 2.99. The minimum Gasteiger partial charge on any atom is -0.478 e. The van der Waals surface area contributed by atoms with Gasteiger partial charge in [0.2, 0.25) is 0 Å². The maximum Gasteiger partial charge on any atom is 0.337 e. The summed E-state index contributed by atoms with van der Waals surface area (Å²) < 4.78 is 0. The highest BCUT2D eigenvalue weighted by atomic mass is 79.9. The first-order valence-corrected chi connectivity index (χ1v) is 6.06. The van der Waals surface area contributed by atoms with Crippen LogP contribution in [-0.4, -0.2) is 32.7 Å². The van der Waals surface area contributed by atoms with E-state index in [1.807, 2.05) is 0 Å². The van der Waals surface area contributed by atoms with Crippen LogP contribution in [0.4, 0.5) is 5.69 Å². The van der Waals surface area contributed by atoms with Crippen molar-refractivity contribution in [1.82, 2.24) is 0 Å². The van der Waals surface area contributed by atoms with Crippen LogP contribution in [0.5, 0.6) is 0 Å². The molecule has 0 aliphatic heterocycles. The van der Waals surface area contributed by atoms with Gasteiger partial charge in [0.25, 0.3) is 0 Å². The van der Waals surface area contributed by atoms with Crippen molar-refractivity contribution in [3.63, 3.8) is 0 Å². The van der Waals surface area contributed by atoms with Gasteiger partial charge in [-0.25, -0.2) is 4.79 Å². The van der Waals surface area contributed by atoms with Crippen molar-refractivity contribution in [2.75, 3.05) is 11.1 Å². The number of anilines is 1. The third-order valence-electron chi connectivity index (χ3n) is 2.43. The number of carbonyl (C=O) groups is 1. The van der Waals surface area contributed by atoms with E-state index in [1.165, 1.54) is 6.07 Å². The number of halogens is 1. The fourth-order valence-electron chi connectivity index (χ4n) is 1.54. The highest BCUT2D eigenvalue weighted by Crippen LogP contribution is 2.28. The zero-order chi connectivity index (χ0) is 13.2. The van der Waals surface area contributed by atoms with E-state index in [2.05, 4.69) is 15.9 Å². The summed E-state index contributed by atoms with van der Waals surface area (Å²) in [6.07, 6.45) is -2.26. The van der Waals surface area contributed by atoms with E-state index in [1.54, 1.807) is 13.0 Å². The van der Waals surface area contributed by atoms with Gasteiger partial charge < -0.3 is 21.1 Å². The van der Waals surface area contributed by atoms with Gasteiger partial charge in [0.1, 0.15) is 6.10 Å². The maximum absolute atomic E-state index is 11.0. The standard InChI is InChI=1S/C11H14BrNO4/c1-5-2-6(10(15)8(14)4-12)9(13)7(3-5)11(16)17/h2-3,8,10,14-15H,4,13H2,1H3,(H,16,17). The Balaban J connectivity index is 3.29. The molecular weight excluding hydrogens is 290 g/mol. The number of hydrogen-bond donors (Lipinski definition) is 4. The third kappa shape index (κ3) is 2.96. The van der Waals surface area contributed by atoms with E-state index in [0.29, 0.717) is 5.56 Å². The molecule has 0 heterocycles. The Morgan fingerprint density at radius 3 is 2.53 bits per heavy atom. The SMILES string of the molecule is Cc1cc(C(=O)O)c(N)c(C(O)C(O)CBr)c1. The lowest BCUT2D eigenvalue weighted by molar-refractivity contribution is 0.0346. The minimum atomic E-state index is -1.22. The van der Waals surface area contributed by atoms with Gasteiger partial charge >= 0.3 is 5.97 Å². The van der Waals surface area contributed by atoms with Crippen LogP contribution in [0.2, 0.25) is 0 Å². The van der Waals surface area contributed by atoms with E-state index in [-0.39, 0.29) is 22.1 Å². The maximum atomic E-state index is 11.0. The highest BCUT2D eigenvalue weighted by molar-refractivity contribution is 9.09. The van der Waals surface area contributed by atoms with E-state index in [0.717, 1.165) is 0 Å². The van der Waals surface area contributed by atoms with Crippen LogP contribution in [0.1, 0.15) is 27.6 Å². The molecule has 0 spiro atoms. The van der Waals surface area contributed by atoms with Crippen LogP contribution in [0.15, 0.2) is 12.1 Å². The summed E-state index contributed by atoms with van der Waals surface area (Å²) >= 11 is 3.04. The molecule has 0 aliphatic carbocycles. The number of nitrogens with two attached hydrogens (primary N) is 1. The molecule has 0 fully saturated rings. The molecule has 1 rings (SSSR count). The van der Waals surface area contributed by atoms with Crippen molar-refractivity contribution in [2.24, 2.45) is 0 Å². The van der Waals surface area contributed by atoms with Crippen LogP contribution in [0, 0.1) is 6.92 Å². The second-order valence-electron chi connectivity index (χ2n) is 3.79. The number of nitrogen functional groups attached to an aromatic ring is 1. The number of aliphatic hydroxyl groups excluding tert-OH is 2. The second kappa shape index (κ2) is 5.48. The highest BCUT2D eigenvalue weighted by Gasteiger charge is 2.23. The van der Waals surface area contributed by atoms with Gasteiger partial charge in [0, 0.05) is 10.9 Å². The fourth-order valence-corrected chi connectivity index (χ4v) is 1.89. The molecule has 0 aliphatic rings. The van der Waals surface area contributed by atoms with Gasteiger partial charge in [0.15, 0.2) is 0 Å². The zero-order valence-corrected chi connectivity index (χ0v) is 10.8. The molecule has 2 atom stereocenters. The van der Waals surface area contributed by atoms with Crippen LogP contribution in [-0.2, 0) is 0 Å². The number of carboxylic acid groups (broad SMARTS) is 1. The number of aromatic carboxylic acids is 1. The summed E-state index contributed by atoms with van der Waals surface area (Å²) in [5.41, 5.74) is 6.48. The number of rotatable bonds is 4. The Morgan fingerprint density at radius 1 is 1.47 bits per heavy atom. The van der Waals surface area contributed by atoms with E-state index in [4.69, 9.17) is 10.8 Å². The largest absolute Gasteiger partial charge is 0.478 e. The van der Waals surface area contributed by atoms with Gasteiger partial charge in [-0.15, -0.1) is 0 Å². The number of hydrogen-bond acceptors (Lipinski definition) is 4. The van der Waals surface area contributed by atoms with Crippen LogP contribution in [0.3, 0.4) is 0 Å². The second-order valence-corrected chi connectivity index (χ2v) is 4.43. The molecule has 5 N–H and O–H groups in total. The van der Waals surface area contributed by atoms with Gasteiger partial charge in [-0.3, -0.25) is 0 Å². The number of carboxylic acids is 1. The molecule has 0 saturated carbocycles. The van der Waals surface area contributed by atoms with Crippen molar-refractivity contribution in [2.45, 2.75) is 19.1 Å². The van der Waals surface area contributed by atoms with Gasteiger partial charge in [-0.2, -0.15) is 0 Å². The minimum absolute atomic E-state index is 0.0180. The molecule has 17 heavy (non-hydrogen) atoms. The molecule has 6 heteroatoms. The molecular formula is C11H14BrNO4. The quantitative estimate of drug-likeness (QED) is 0.492. The molecule has 0 saturated heterocycles. The fraction of sp³-hybridized carbons (Fsp3) is 0.364. The summed E-state index contributed by atoms with van der Waals surface area (Å²) in [5, 5.41) is 28.5. The van der Waals surface area contributed by atoms with Crippen molar-refractivity contribution >= 4 is 27.6 Å². The Hall–Kier alpha value is -1.11. The van der Waals surface area contributed by atoms with E-state index >= 15 is 0 Å². The third-order valence-corrected chi connectivity index (χ3v) is 3.09.